The lowest BCUT2D eigenvalue weighted by atomic mass is 9.95. The lowest BCUT2D eigenvalue weighted by Gasteiger charge is -2.11. The van der Waals surface area contributed by atoms with Gasteiger partial charge in [0.05, 0.1) is 5.69 Å². The summed E-state index contributed by atoms with van der Waals surface area (Å²) in [6.07, 6.45) is 4.14. The van der Waals surface area contributed by atoms with Crippen LogP contribution in [0.1, 0.15) is 50.4 Å². The zero-order chi connectivity index (χ0) is 14.5. The Bertz CT molecular complexity index is 562. The third kappa shape index (κ3) is 3.57. The van der Waals surface area contributed by atoms with E-state index in [0.29, 0.717) is 11.8 Å². The molecule has 1 aromatic heterocycles. The molecule has 0 amide bonds. The van der Waals surface area contributed by atoms with Gasteiger partial charge in [0.1, 0.15) is 0 Å². The normalized spacial score (nSPS) is 12.2. The number of aromatic nitrogens is 1. The van der Waals surface area contributed by atoms with E-state index < -0.39 is 0 Å². The van der Waals surface area contributed by atoms with Gasteiger partial charge >= 0.3 is 0 Å². The molecule has 0 bridgehead atoms. The minimum absolute atomic E-state index is 0.497. The van der Waals surface area contributed by atoms with Gasteiger partial charge in [-0.2, -0.15) is 0 Å². The van der Waals surface area contributed by atoms with E-state index in [1.807, 2.05) is 18.3 Å². The van der Waals surface area contributed by atoms with Crippen molar-refractivity contribution in [2.75, 3.05) is 0 Å². The molecule has 1 heteroatoms. The number of benzene rings is 1. The Morgan fingerprint density at radius 3 is 2.15 bits per heavy atom. The standard InChI is InChI=1S/C19H23N/c1-14(2)13-18(19-7-5-6-12-20-19)17-10-8-16(9-11-17)15(3)4/h5-15H,1-4H3/b18-13-. The molecule has 0 atom stereocenters. The van der Waals surface area contributed by atoms with Gasteiger partial charge in [0.25, 0.3) is 0 Å². The SMILES string of the molecule is CC(C)/C=C(/c1ccc(C(C)C)cc1)c1ccccn1. The number of pyridine rings is 1. The Morgan fingerprint density at radius 1 is 0.950 bits per heavy atom. The Labute approximate surface area is 122 Å². The van der Waals surface area contributed by atoms with Gasteiger partial charge in [-0.3, -0.25) is 4.98 Å². The molecule has 0 aliphatic carbocycles. The maximum absolute atomic E-state index is 4.50. The Balaban J connectivity index is 2.42. The average Bonchev–Trinajstić information content (AvgIpc) is 2.45. The molecule has 0 spiro atoms. The van der Waals surface area contributed by atoms with Crippen LogP contribution in [0.4, 0.5) is 0 Å². The zero-order valence-electron chi connectivity index (χ0n) is 12.8. The predicted octanol–water partition coefficient (Wildman–Crippen LogP) is 5.29. The molecule has 0 fully saturated rings. The van der Waals surface area contributed by atoms with Crippen LogP contribution in [0.2, 0.25) is 0 Å². The molecule has 0 aliphatic rings. The highest BCUT2D eigenvalue weighted by atomic mass is 14.7. The van der Waals surface area contributed by atoms with Gasteiger partial charge in [0.2, 0.25) is 0 Å². The molecule has 2 rings (SSSR count). The minimum Gasteiger partial charge on any atom is -0.256 e. The second-order valence-electron chi connectivity index (χ2n) is 5.82. The molecule has 104 valence electrons. The summed E-state index contributed by atoms with van der Waals surface area (Å²) in [4.78, 5) is 4.50. The van der Waals surface area contributed by atoms with E-state index in [9.17, 15) is 0 Å². The number of allylic oxidation sites excluding steroid dienone is 1. The summed E-state index contributed by atoms with van der Waals surface area (Å²) in [5.74, 6) is 1.06. The zero-order valence-corrected chi connectivity index (χ0v) is 12.8. The molecule has 0 N–H and O–H groups in total. The monoisotopic (exact) mass is 265 g/mol. The van der Waals surface area contributed by atoms with Crippen LogP contribution in [-0.4, -0.2) is 4.98 Å². The van der Waals surface area contributed by atoms with Crippen LogP contribution in [0.25, 0.3) is 5.57 Å². The predicted molar refractivity (Wildman–Crippen MR) is 86.7 cm³/mol. The van der Waals surface area contributed by atoms with Gasteiger partial charge in [0, 0.05) is 11.8 Å². The first kappa shape index (κ1) is 14.5. The van der Waals surface area contributed by atoms with Crippen molar-refractivity contribution in [1.29, 1.82) is 0 Å². The van der Waals surface area contributed by atoms with E-state index in [2.05, 4.69) is 69.1 Å². The maximum atomic E-state index is 4.50. The number of nitrogens with zero attached hydrogens (tertiary/aromatic N) is 1. The van der Waals surface area contributed by atoms with Gasteiger partial charge < -0.3 is 0 Å². The van der Waals surface area contributed by atoms with Crippen molar-refractivity contribution in [3.63, 3.8) is 0 Å². The van der Waals surface area contributed by atoms with E-state index in [1.54, 1.807) is 0 Å². The first-order valence-corrected chi connectivity index (χ1v) is 7.31. The first-order chi connectivity index (χ1) is 9.58. The van der Waals surface area contributed by atoms with E-state index in [-0.39, 0.29) is 0 Å². The van der Waals surface area contributed by atoms with Crippen LogP contribution in [0, 0.1) is 5.92 Å². The summed E-state index contributed by atoms with van der Waals surface area (Å²) < 4.78 is 0. The van der Waals surface area contributed by atoms with Crippen molar-refractivity contribution in [3.05, 3.63) is 71.6 Å². The lowest BCUT2D eigenvalue weighted by Crippen LogP contribution is -1.95. The molecular formula is C19H23N. The highest BCUT2D eigenvalue weighted by Crippen LogP contribution is 2.25. The van der Waals surface area contributed by atoms with Crippen LogP contribution in [0.3, 0.4) is 0 Å². The molecule has 0 saturated carbocycles. The summed E-state index contributed by atoms with van der Waals surface area (Å²) in [6, 6.07) is 14.9. The minimum atomic E-state index is 0.497. The molecule has 1 aromatic carbocycles. The van der Waals surface area contributed by atoms with Gasteiger partial charge in [-0.25, -0.2) is 0 Å². The third-order valence-corrected chi connectivity index (χ3v) is 3.33. The molecule has 0 aliphatic heterocycles. The second-order valence-corrected chi connectivity index (χ2v) is 5.82. The summed E-state index contributed by atoms with van der Waals surface area (Å²) in [6.45, 7) is 8.84. The van der Waals surface area contributed by atoms with E-state index in [0.717, 1.165) is 5.69 Å². The van der Waals surface area contributed by atoms with Gasteiger partial charge in [-0.05, 0) is 35.1 Å². The molecule has 2 aromatic rings. The third-order valence-electron chi connectivity index (χ3n) is 3.33. The lowest BCUT2D eigenvalue weighted by molar-refractivity contribution is 0.833. The Kier molecular flexibility index (Phi) is 4.73. The summed E-state index contributed by atoms with van der Waals surface area (Å²) in [5.41, 5.74) is 4.87. The van der Waals surface area contributed by atoms with Crippen molar-refractivity contribution in [2.24, 2.45) is 5.92 Å². The molecule has 1 heterocycles. The van der Waals surface area contributed by atoms with E-state index in [1.165, 1.54) is 16.7 Å². The highest BCUT2D eigenvalue weighted by Gasteiger charge is 2.08. The topological polar surface area (TPSA) is 12.9 Å². The summed E-state index contributed by atoms with van der Waals surface area (Å²) in [5, 5.41) is 0. The smallest absolute Gasteiger partial charge is 0.0704 e. The largest absolute Gasteiger partial charge is 0.256 e. The second kappa shape index (κ2) is 6.51. The maximum Gasteiger partial charge on any atom is 0.0704 e. The van der Waals surface area contributed by atoms with Crippen LogP contribution in [0.5, 0.6) is 0 Å². The van der Waals surface area contributed by atoms with Crippen molar-refractivity contribution in [1.82, 2.24) is 4.98 Å². The average molecular weight is 265 g/mol. The molecule has 0 radical (unpaired) electrons. The van der Waals surface area contributed by atoms with Crippen LogP contribution in [0.15, 0.2) is 54.7 Å². The molecule has 20 heavy (non-hydrogen) atoms. The highest BCUT2D eigenvalue weighted by molar-refractivity contribution is 5.78. The molecule has 0 saturated heterocycles. The number of hydrogen-bond acceptors (Lipinski definition) is 1. The van der Waals surface area contributed by atoms with Crippen molar-refractivity contribution in [3.8, 4) is 0 Å². The fourth-order valence-corrected chi connectivity index (χ4v) is 2.23. The van der Waals surface area contributed by atoms with Gasteiger partial charge in [-0.15, -0.1) is 0 Å². The number of hydrogen-bond donors (Lipinski definition) is 0. The van der Waals surface area contributed by atoms with Crippen LogP contribution < -0.4 is 0 Å². The fourth-order valence-electron chi connectivity index (χ4n) is 2.23. The Hall–Kier alpha value is -1.89. The molecule has 1 nitrogen and oxygen atoms in total. The first-order valence-electron chi connectivity index (χ1n) is 7.31. The van der Waals surface area contributed by atoms with Gasteiger partial charge in [-0.1, -0.05) is 64.1 Å². The van der Waals surface area contributed by atoms with Crippen LogP contribution in [-0.2, 0) is 0 Å². The van der Waals surface area contributed by atoms with Crippen molar-refractivity contribution in [2.45, 2.75) is 33.6 Å². The molecule has 0 unspecified atom stereocenters. The van der Waals surface area contributed by atoms with Crippen molar-refractivity contribution < 1.29 is 0 Å². The number of rotatable bonds is 4. The summed E-state index contributed by atoms with van der Waals surface area (Å²) >= 11 is 0. The van der Waals surface area contributed by atoms with Crippen LogP contribution >= 0.6 is 0 Å². The summed E-state index contributed by atoms with van der Waals surface area (Å²) in [7, 11) is 0. The quantitative estimate of drug-likeness (QED) is 0.731. The van der Waals surface area contributed by atoms with Gasteiger partial charge in [0.15, 0.2) is 0 Å². The fraction of sp³-hybridized carbons (Fsp3) is 0.316. The van der Waals surface area contributed by atoms with E-state index >= 15 is 0 Å². The molecular weight excluding hydrogens is 242 g/mol. The van der Waals surface area contributed by atoms with Crippen molar-refractivity contribution >= 4 is 5.57 Å². The van der Waals surface area contributed by atoms with E-state index in [4.69, 9.17) is 0 Å². The Morgan fingerprint density at radius 2 is 1.65 bits per heavy atom.